The van der Waals surface area contributed by atoms with Gasteiger partial charge in [0.1, 0.15) is 28.1 Å². The molecule has 1 unspecified atom stereocenters. The highest BCUT2D eigenvalue weighted by Crippen LogP contribution is 2.33. The molecule has 228 valence electrons. The van der Waals surface area contributed by atoms with E-state index in [1.165, 1.54) is 16.4 Å². The van der Waals surface area contributed by atoms with Gasteiger partial charge in [0.25, 0.3) is 5.91 Å². The van der Waals surface area contributed by atoms with E-state index in [0.29, 0.717) is 10.6 Å². The number of amides is 1. The van der Waals surface area contributed by atoms with E-state index in [9.17, 15) is 30.6 Å². The molecule has 0 saturated carbocycles. The summed E-state index contributed by atoms with van der Waals surface area (Å²) < 4.78 is 85.1. The number of aromatic nitrogens is 1. The lowest BCUT2D eigenvalue weighted by atomic mass is 9.89. The van der Waals surface area contributed by atoms with Crippen molar-refractivity contribution in [1.29, 1.82) is 0 Å². The summed E-state index contributed by atoms with van der Waals surface area (Å²) in [5.74, 6) is -0.896. The lowest BCUT2D eigenvalue weighted by molar-refractivity contribution is -0.274. The van der Waals surface area contributed by atoms with Crippen LogP contribution in [0.4, 0.5) is 18.9 Å². The molecular formula is C28H28F3N5O5S2. The monoisotopic (exact) mass is 635 g/mol. The molecule has 3 aromatic rings. The van der Waals surface area contributed by atoms with Gasteiger partial charge in [0, 0.05) is 36.7 Å². The van der Waals surface area contributed by atoms with Crippen LogP contribution in [0.2, 0.25) is 0 Å². The summed E-state index contributed by atoms with van der Waals surface area (Å²) in [4.78, 5) is 21.9. The molecule has 1 aromatic heterocycles. The minimum Gasteiger partial charge on any atom is -0.406 e. The van der Waals surface area contributed by atoms with E-state index in [4.69, 9.17) is 0 Å². The van der Waals surface area contributed by atoms with Crippen LogP contribution in [-0.2, 0) is 32.2 Å². The predicted molar refractivity (Wildman–Crippen MR) is 154 cm³/mol. The lowest BCUT2D eigenvalue weighted by Crippen LogP contribution is -2.50. The number of pyridine rings is 1. The van der Waals surface area contributed by atoms with Crippen LogP contribution in [0.1, 0.15) is 29.5 Å². The third-order valence-electron chi connectivity index (χ3n) is 7.31. The second kappa shape index (κ2) is 12.1. The van der Waals surface area contributed by atoms with Crippen LogP contribution in [0.3, 0.4) is 0 Å². The molecular weight excluding hydrogens is 607 g/mol. The van der Waals surface area contributed by atoms with Gasteiger partial charge in [-0.3, -0.25) is 14.8 Å². The maximum Gasteiger partial charge on any atom is 0.573 e. The Morgan fingerprint density at radius 1 is 1.09 bits per heavy atom. The predicted octanol–water partition coefficient (Wildman–Crippen LogP) is 3.71. The number of anilines is 1. The van der Waals surface area contributed by atoms with Gasteiger partial charge in [-0.15, -0.1) is 13.2 Å². The Kier molecular flexibility index (Phi) is 8.58. The van der Waals surface area contributed by atoms with Gasteiger partial charge in [-0.2, -0.15) is 0 Å². The number of alkyl halides is 3. The summed E-state index contributed by atoms with van der Waals surface area (Å²) in [7, 11) is -5.17. The fourth-order valence-electron chi connectivity index (χ4n) is 4.99. The van der Waals surface area contributed by atoms with E-state index >= 15 is 0 Å². The molecule has 2 aliphatic rings. The standard InChI is InChI=1S/C28H28F3N5O5S2/c1-19-17-24(42(38)35-22-7-12-32-13-8-22)6-5-20(19)9-16-43(39,40)36-14-10-27(11-15-36)26(37)33-25(34-27)21-3-2-4-23(18-21)41-28(29,30)31/h2-8,12-13,17-18H,9-11,14-16H2,1H3,(H,32,35)(H,33,34,37). The van der Waals surface area contributed by atoms with Crippen LogP contribution in [0.15, 0.2) is 76.9 Å². The van der Waals surface area contributed by atoms with Crippen LogP contribution in [0.25, 0.3) is 0 Å². The molecule has 1 atom stereocenters. The van der Waals surface area contributed by atoms with Crippen LogP contribution in [-0.4, -0.2) is 64.4 Å². The van der Waals surface area contributed by atoms with Gasteiger partial charge in [-0.25, -0.2) is 16.9 Å². The number of nitrogens with zero attached hydrogens (tertiary/aromatic N) is 3. The number of halogens is 3. The number of benzene rings is 2. The molecule has 3 heterocycles. The Hall–Kier alpha value is -3.82. The highest BCUT2D eigenvalue weighted by molar-refractivity contribution is 7.89. The summed E-state index contributed by atoms with van der Waals surface area (Å²) >= 11 is 0. The van der Waals surface area contributed by atoms with Crippen molar-refractivity contribution >= 4 is 38.4 Å². The topological polar surface area (TPSA) is 130 Å². The van der Waals surface area contributed by atoms with E-state index in [2.05, 4.69) is 24.8 Å². The molecule has 10 nitrogen and oxygen atoms in total. The molecule has 43 heavy (non-hydrogen) atoms. The quantitative estimate of drug-likeness (QED) is 0.369. The number of amidine groups is 1. The minimum atomic E-state index is -4.86. The van der Waals surface area contributed by atoms with Crippen molar-refractivity contribution in [2.75, 3.05) is 23.6 Å². The number of piperidine rings is 1. The van der Waals surface area contributed by atoms with Gasteiger partial charge in [-0.05, 0) is 73.7 Å². The Morgan fingerprint density at radius 2 is 1.81 bits per heavy atom. The third kappa shape index (κ3) is 7.22. The summed E-state index contributed by atoms with van der Waals surface area (Å²) in [5, 5.41) is 2.63. The first-order valence-electron chi connectivity index (χ1n) is 13.3. The number of aliphatic imine (C=N–C) groups is 1. The number of hydrogen-bond donors (Lipinski definition) is 2. The van der Waals surface area contributed by atoms with Crippen LogP contribution in [0, 0.1) is 6.92 Å². The molecule has 2 aromatic carbocycles. The maximum atomic E-state index is 13.2. The number of ether oxygens (including phenoxy) is 1. The number of rotatable bonds is 9. The Balaban J connectivity index is 1.19. The average molecular weight is 636 g/mol. The first-order chi connectivity index (χ1) is 20.3. The molecule has 1 spiro atoms. The maximum absolute atomic E-state index is 13.2. The van der Waals surface area contributed by atoms with Crippen molar-refractivity contribution < 1.29 is 35.3 Å². The van der Waals surface area contributed by atoms with Crippen LogP contribution < -0.4 is 14.8 Å². The second-order valence-corrected chi connectivity index (χ2v) is 13.5. The molecule has 2 N–H and O–H groups in total. The molecule has 15 heteroatoms. The van der Waals surface area contributed by atoms with E-state index in [-0.39, 0.29) is 49.5 Å². The van der Waals surface area contributed by atoms with Crippen molar-refractivity contribution in [3.8, 4) is 5.75 Å². The van der Waals surface area contributed by atoms with E-state index in [1.807, 2.05) is 6.92 Å². The lowest BCUT2D eigenvalue weighted by Gasteiger charge is -2.34. The van der Waals surface area contributed by atoms with Crippen LogP contribution >= 0.6 is 0 Å². The smallest absolute Gasteiger partial charge is 0.406 e. The Labute approximate surface area is 249 Å². The van der Waals surface area contributed by atoms with Crippen molar-refractivity contribution in [2.45, 2.75) is 43.0 Å². The van der Waals surface area contributed by atoms with Gasteiger partial charge in [0.2, 0.25) is 10.0 Å². The summed E-state index contributed by atoms with van der Waals surface area (Å²) in [6, 6.07) is 13.8. The molecule has 0 bridgehead atoms. The molecule has 0 aliphatic carbocycles. The fraction of sp³-hybridized carbons (Fsp3) is 0.321. The zero-order valence-electron chi connectivity index (χ0n) is 22.9. The number of sulfonamides is 1. The number of aryl methyl sites for hydroxylation is 2. The zero-order chi connectivity index (χ0) is 30.8. The SMILES string of the molecule is Cc1cc(S(=O)Nc2ccncc2)ccc1CCS(=O)(=O)N1CCC2(CC1)N=C(c1cccc(OC(F)(F)F)c1)NC2=O. The Morgan fingerprint density at radius 3 is 2.49 bits per heavy atom. The normalized spacial score (nSPS) is 17.8. The fourth-order valence-corrected chi connectivity index (χ4v) is 7.40. The van der Waals surface area contributed by atoms with Gasteiger partial charge in [-0.1, -0.05) is 18.2 Å². The zero-order valence-corrected chi connectivity index (χ0v) is 24.6. The first-order valence-corrected chi connectivity index (χ1v) is 16.0. The molecule has 0 radical (unpaired) electrons. The average Bonchev–Trinajstić information content (AvgIpc) is 3.27. The number of carbonyl (C=O) groups excluding carboxylic acids is 1. The minimum absolute atomic E-state index is 0.0708. The van der Waals surface area contributed by atoms with Gasteiger partial charge in [0.15, 0.2) is 0 Å². The molecule has 5 rings (SSSR count). The van der Waals surface area contributed by atoms with Gasteiger partial charge < -0.3 is 14.8 Å². The van der Waals surface area contributed by atoms with Crippen molar-refractivity contribution in [2.24, 2.45) is 4.99 Å². The van der Waals surface area contributed by atoms with Crippen molar-refractivity contribution in [3.05, 3.63) is 83.7 Å². The van der Waals surface area contributed by atoms with E-state index in [0.717, 1.165) is 23.3 Å². The summed E-state index contributed by atoms with van der Waals surface area (Å²) in [6.07, 6.45) is -1.18. The van der Waals surface area contributed by atoms with E-state index < -0.39 is 44.6 Å². The third-order valence-corrected chi connectivity index (χ3v) is 10.3. The molecule has 1 amide bonds. The highest BCUT2D eigenvalue weighted by Gasteiger charge is 2.47. The van der Waals surface area contributed by atoms with E-state index in [1.54, 1.807) is 42.7 Å². The van der Waals surface area contributed by atoms with Gasteiger partial charge >= 0.3 is 6.36 Å². The highest BCUT2D eigenvalue weighted by atomic mass is 32.2. The van der Waals surface area contributed by atoms with Crippen molar-refractivity contribution in [1.82, 2.24) is 14.6 Å². The number of nitrogens with one attached hydrogen (secondary N) is 2. The largest absolute Gasteiger partial charge is 0.573 e. The molecule has 2 aliphatic heterocycles. The molecule has 1 fully saturated rings. The van der Waals surface area contributed by atoms with Gasteiger partial charge in [0.05, 0.1) is 10.6 Å². The second-order valence-electron chi connectivity index (χ2n) is 10.2. The Bertz CT molecular complexity index is 1680. The number of hydrogen-bond acceptors (Lipinski definition) is 7. The summed E-state index contributed by atoms with van der Waals surface area (Å²) in [5.41, 5.74) is 1.33. The van der Waals surface area contributed by atoms with Crippen molar-refractivity contribution in [3.63, 3.8) is 0 Å². The molecule has 1 saturated heterocycles. The summed E-state index contributed by atoms with van der Waals surface area (Å²) in [6.45, 7) is 1.97. The first kappa shape index (κ1) is 30.6. The van der Waals surface area contributed by atoms with Crippen LogP contribution in [0.5, 0.6) is 5.75 Å². The number of carbonyl (C=O) groups is 1.